The maximum atomic E-state index is 10.4. The van der Waals surface area contributed by atoms with E-state index in [2.05, 4.69) is 22.0 Å². The van der Waals surface area contributed by atoms with E-state index in [1.54, 1.807) is 0 Å². The fraction of sp³-hybridized carbons (Fsp3) is 0.812. The molecule has 1 aromatic rings. The quantitative estimate of drug-likeness (QED) is 0.835. The van der Waals surface area contributed by atoms with Crippen LogP contribution in [0.1, 0.15) is 75.2 Å². The lowest BCUT2D eigenvalue weighted by molar-refractivity contribution is 0.0970. The molecule has 3 unspecified atom stereocenters. The fourth-order valence-corrected chi connectivity index (χ4v) is 3.88. The normalized spacial score (nSPS) is 30.8. The molecule has 1 saturated carbocycles. The molecule has 0 amide bonds. The summed E-state index contributed by atoms with van der Waals surface area (Å²) in [4.78, 5) is 0. The Morgan fingerprint density at radius 1 is 1.25 bits per heavy atom. The van der Waals surface area contributed by atoms with Crippen molar-refractivity contribution in [1.29, 1.82) is 0 Å². The first-order chi connectivity index (χ1) is 9.81. The maximum absolute atomic E-state index is 10.4. The summed E-state index contributed by atoms with van der Waals surface area (Å²) in [5.41, 5.74) is 2.74. The largest absolute Gasteiger partial charge is 0.391 e. The highest BCUT2D eigenvalue weighted by atomic mass is 16.3. The highest BCUT2D eigenvalue weighted by molar-refractivity contribution is 5.25. The van der Waals surface area contributed by atoms with Gasteiger partial charge in [-0.05, 0) is 38.6 Å². The minimum Gasteiger partial charge on any atom is -0.391 e. The number of aliphatic hydroxyl groups excluding tert-OH is 1. The van der Waals surface area contributed by atoms with E-state index in [-0.39, 0.29) is 12.1 Å². The zero-order chi connectivity index (χ0) is 13.9. The number of nitrogens with one attached hydrogen (secondary N) is 1. The third-order valence-corrected chi connectivity index (χ3v) is 4.92. The lowest BCUT2D eigenvalue weighted by atomic mass is 9.92. The second-order valence-corrected chi connectivity index (χ2v) is 6.27. The highest BCUT2D eigenvalue weighted by Crippen LogP contribution is 2.34. The number of rotatable bonds is 3. The molecule has 4 heteroatoms. The van der Waals surface area contributed by atoms with Crippen LogP contribution in [0.5, 0.6) is 0 Å². The van der Waals surface area contributed by atoms with Gasteiger partial charge in [0.25, 0.3) is 0 Å². The van der Waals surface area contributed by atoms with Crippen molar-refractivity contribution in [2.45, 2.75) is 76.5 Å². The molecule has 3 atom stereocenters. The van der Waals surface area contributed by atoms with E-state index in [9.17, 15) is 5.11 Å². The first kappa shape index (κ1) is 14.1. The molecule has 0 radical (unpaired) electrons. The molecular formula is C16H27N3O. The SMILES string of the molecule is CCNC1CCCc2c1cnn2C1CCCCCC1O. The van der Waals surface area contributed by atoms with E-state index in [0.717, 1.165) is 32.2 Å². The molecule has 112 valence electrons. The Morgan fingerprint density at radius 3 is 2.95 bits per heavy atom. The van der Waals surface area contributed by atoms with E-state index >= 15 is 0 Å². The summed E-state index contributed by atoms with van der Waals surface area (Å²) >= 11 is 0. The highest BCUT2D eigenvalue weighted by Gasteiger charge is 2.30. The Hall–Kier alpha value is -0.870. The number of hydrogen-bond acceptors (Lipinski definition) is 3. The molecule has 0 bridgehead atoms. The zero-order valence-electron chi connectivity index (χ0n) is 12.5. The van der Waals surface area contributed by atoms with Gasteiger partial charge in [0.1, 0.15) is 0 Å². The van der Waals surface area contributed by atoms with Crippen LogP contribution in [0.4, 0.5) is 0 Å². The molecule has 2 aliphatic carbocycles. The van der Waals surface area contributed by atoms with Gasteiger partial charge < -0.3 is 10.4 Å². The second kappa shape index (κ2) is 6.27. The van der Waals surface area contributed by atoms with Crippen molar-refractivity contribution in [3.05, 3.63) is 17.5 Å². The zero-order valence-corrected chi connectivity index (χ0v) is 12.5. The average molecular weight is 277 g/mol. The molecule has 4 nitrogen and oxygen atoms in total. The predicted molar refractivity (Wildman–Crippen MR) is 79.7 cm³/mol. The number of hydrogen-bond donors (Lipinski definition) is 2. The molecule has 2 N–H and O–H groups in total. The van der Waals surface area contributed by atoms with Crippen LogP contribution in [-0.2, 0) is 6.42 Å². The summed E-state index contributed by atoms with van der Waals surface area (Å²) < 4.78 is 2.16. The van der Waals surface area contributed by atoms with Crippen LogP contribution in [0, 0.1) is 0 Å². The van der Waals surface area contributed by atoms with Crippen LogP contribution in [0.15, 0.2) is 6.20 Å². The van der Waals surface area contributed by atoms with Gasteiger partial charge in [-0.2, -0.15) is 5.10 Å². The Bertz CT molecular complexity index is 443. The van der Waals surface area contributed by atoms with Gasteiger partial charge in [-0.25, -0.2) is 0 Å². The van der Waals surface area contributed by atoms with E-state index in [0.29, 0.717) is 6.04 Å². The van der Waals surface area contributed by atoms with Gasteiger partial charge in [-0.3, -0.25) is 4.68 Å². The molecule has 0 aromatic carbocycles. The minimum atomic E-state index is -0.221. The number of fused-ring (bicyclic) bond motifs is 1. The lowest BCUT2D eigenvalue weighted by Crippen LogP contribution is -2.28. The minimum absolute atomic E-state index is 0.196. The summed E-state index contributed by atoms with van der Waals surface area (Å²) in [5.74, 6) is 0. The van der Waals surface area contributed by atoms with Gasteiger partial charge >= 0.3 is 0 Å². The summed E-state index contributed by atoms with van der Waals surface area (Å²) in [7, 11) is 0. The number of aliphatic hydroxyl groups is 1. The molecular weight excluding hydrogens is 250 g/mol. The van der Waals surface area contributed by atoms with Crippen molar-refractivity contribution in [2.75, 3.05) is 6.54 Å². The van der Waals surface area contributed by atoms with Gasteiger partial charge in [0.15, 0.2) is 0 Å². The van der Waals surface area contributed by atoms with E-state index in [1.165, 1.54) is 36.9 Å². The van der Waals surface area contributed by atoms with Gasteiger partial charge in [0.05, 0.1) is 18.3 Å². The molecule has 1 heterocycles. The van der Waals surface area contributed by atoms with Gasteiger partial charge in [0.2, 0.25) is 0 Å². The molecule has 0 spiro atoms. The smallest absolute Gasteiger partial charge is 0.0781 e. The molecule has 20 heavy (non-hydrogen) atoms. The van der Waals surface area contributed by atoms with Gasteiger partial charge in [-0.1, -0.05) is 26.2 Å². The van der Waals surface area contributed by atoms with Gasteiger partial charge in [-0.15, -0.1) is 0 Å². The van der Waals surface area contributed by atoms with Crippen LogP contribution < -0.4 is 5.32 Å². The summed E-state index contributed by atoms with van der Waals surface area (Å²) in [6, 6.07) is 0.655. The van der Waals surface area contributed by atoms with Crippen molar-refractivity contribution < 1.29 is 5.11 Å². The second-order valence-electron chi connectivity index (χ2n) is 6.27. The first-order valence-corrected chi connectivity index (χ1v) is 8.29. The van der Waals surface area contributed by atoms with E-state index in [1.807, 2.05) is 6.20 Å². The lowest BCUT2D eigenvalue weighted by Gasteiger charge is -2.27. The summed E-state index contributed by atoms with van der Waals surface area (Å²) in [6.07, 6.45) is 11.0. The van der Waals surface area contributed by atoms with Crippen LogP contribution >= 0.6 is 0 Å². The van der Waals surface area contributed by atoms with Crippen molar-refractivity contribution in [3.63, 3.8) is 0 Å². The van der Waals surface area contributed by atoms with Crippen LogP contribution in [0.25, 0.3) is 0 Å². The predicted octanol–water partition coefficient (Wildman–Crippen LogP) is 2.74. The monoisotopic (exact) mass is 277 g/mol. The van der Waals surface area contributed by atoms with Crippen molar-refractivity contribution >= 4 is 0 Å². The van der Waals surface area contributed by atoms with Gasteiger partial charge in [0, 0.05) is 17.3 Å². The third-order valence-electron chi connectivity index (χ3n) is 4.92. The third kappa shape index (κ3) is 2.63. The molecule has 2 aliphatic rings. The Balaban J connectivity index is 1.87. The Kier molecular flexibility index (Phi) is 4.41. The molecule has 0 aliphatic heterocycles. The first-order valence-electron chi connectivity index (χ1n) is 8.29. The standard InChI is InChI=1S/C16H27N3O/c1-2-17-13-7-6-9-14-12(13)11-18-19(14)15-8-4-3-5-10-16(15)20/h11,13,15-17,20H,2-10H2,1H3. The van der Waals surface area contributed by atoms with E-state index < -0.39 is 0 Å². The van der Waals surface area contributed by atoms with E-state index in [4.69, 9.17) is 0 Å². The molecule has 1 fully saturated rings. The Morgan fingerprint density at radius 2 is 2.10 bits per heavy atom. The molecule has 1 aromatic heterocycles. The summed E-state index contributed by atoms with van der Waals surface area (Å²) in [6.45, 7) is 3.16. The topological polar surface area (TPSA) is 50.1 Å². The van der Waals surface area contributed by atoms with Crippen LogP contribution in [0.2, 0.25) is 0 Å². The number of aromatic nitrogens is 2. The average Bonchev–Trinajstić information content (AvgIpc) is 2.77. The Labute approximate surface area is 121 Å². The number of nitrogens with zero attached hydrogens (tertiary/aromatic N) is 2. The maximum Gasteiger partial charge on any atom is 0.0781 e. The summed E-state index contributed by atoms with van der Waals surface area (Å²) in [5, 5.41) is 18.6. The van der Waals surface area contributed by atoms with Crippen LogP contribution in [-0.4, -0.2) is 27.5 Å². The molecule has 0 saturated heterocycles. The van der Waals surface area contributed by atoms with Crippen molar-refractivity contribution in [1.82, 2.24) is 15.1 Å². The van der Waals surface area contributed by atoms with Crippen molar-refractivity contribution in [3.8, 4) is 0 Å². The van der Waals surface area contributed by atoms with Crippen molar-refractivity contribution in [2.24, 2.45) is 0 Å². The molecule has 3 rings (SSSR count). The fourth-order valence-electron chi connectivity index (χ4n) is 3.88. The van der Waals surface area contributed by atoms with Crippen LogP contribution in [0.3, 0.4) is 0 Å².